The summed E-state index contributed by atoms with van der Waals surface area (Å²) in [5.41, 5.74) is 5.85. The molecule has 0 amide bonds. The average Bonchev–Trinajstić information content (AvgIpc) is 2.75. The Balaban J connectivity index is 2.00. The molecule has 0 radical (unpaired) electrons. The van der Waals surface area contributed by atoms with Gasteiger partial charge in [0.15, 0.2) is 0 Å². The maximum Gasteiger partial charge on any atom is 0.103 e. The first-order chi connectivity index (χ1) is 9.05. The number of likely N-dealkylation sites (tertiary alicyclic amines) is 1. The van der Waals surface area contributed by atoms with Crippen molar-refractivity contribution in [3.05, 3.63) is 35.9 Å². The largest absolute Gasteiger partial charge is 0.384 e. The van der Waals surface area contributed by atoms with Crippen molar-refractivity contribution in [3.63, 3.8) is 0 Å². The summed E-state index contributed by atoms with van der Waals surface area (Å²) >= 11 is 0. The highest BCUT2D eigenvalue weighted by Crippen LogP contribution is 2.27. The number of hydrogen-bond donors (Lipinski definition) is 2. The molecule has 0 bridgehead atoms. The minimum Gasteiger partial charge on any atom is -0.384 e. The highest BCUT2D eigenvalue weighted by Gasteiger charge is 2.31. The van der Waals surface area contributed by atoms with Crippen molar-refractivity contribution in [2.45, 2.75) is 38.3 Å². The van der Waals surface area contributed by atoms with E-state index in [1.807, 2.05) is 30.3 Å². The van der Waals surface area contributed by atoms with E-state index in [2.05, 4.69) is 18.7 Å². The van der Waals surface area contributed by atoms with Gasteiger partial charge in [0.1, 0.15) is 5.60 Å². The number of nitrogens with zero attached hydrogens (tertiary/aromatic N) is 1. The Hall–Kier alpha value is -0.900. The minimum atomic E-state index is -0.896. The molecule has 19 heavy (non-hydrogen) atoms. The summed E-state index contributed by atoms with van der Waals surface area (Å²) < 4.78 is 0. The van der Waals surface area contributed by atoms with Crippen molar-refractivity contribution in [1.29, 1.82) is 0 Å². The number of rotatable bonds is 5. The van der Waals surface area contributed by atoms with E-state index in [9.17, 15) is 5.11 Å². The van der Waals surface area contributed by atoms with Crippen LogP contribution in [0.3, 0.4) is 0 Å². The van der Waals surface area contributed by atoms with Gasteiger partial charge in [-0.2, -0.15) is 0 Å². The standard InChI is InChI=1S/C16H26N2O/c1-13-10-14(2)18(11-13)9-8-16(19,12-17)15-6-4-3-5-7-15/h3-7,13-14,19H,8-12,17H2,1-2H3. The summed E-state index contributed by atoms with van der Waals surface area (Å²) in [4.78, 5) is 2.47. The van der Waals surface area contributed by atoms with Crippen LogP contribution in [0.4, 0.5) is 0 Å². The summed E-state index contributed by atoms with van der Waals surface area (Å²) in [6, 6.07) is 10.4. The SMILES string of the molecule is CC1CC(C)N(CCC(O)(CN)c2ccccc2)C1. The zero-order valence-electron chi connectivity index (χ0n) is 12.0. The molecule has 1 aromatic carbocycles. The Morgan fingerprint density at radius 1 is 1.32 bits per heavy atom. The molecule has 0 aliphatic carbocycles. The Morgan fingerprint density at radius 2 is 2.00 bits per heavy atom. The van der Waals surface area contributed by atoms with E-state index in [0.717, 1.165) is 24.6 Å². The Morgan fingerprint density at radius 3 is 2.53 bits per heavy atom. The van der Waals surface area contributed by atoms with Crippen LogP contribution in [0, 0.1) is 5.92 Å². The number of hydrogen-bond acceptors (Lipinski definition) is 3. The van der Waals surface area contributed by atoms with Crippen molar-refractivity contribution >= 4 is 0 Å². The topological polar surface area (TPSA) is 49.5 Å². The van der Waals surface area contributed by atoms with Crippen molar-refractivity contribution in [2.75, 3.05) is 19.6 Å². The molecule has 1 saturated heterocycles. The molecule has 3 nitrogen and oxygen atoms in total. The second-order valence-electron chi connectivity index (χ2n) is 6.04. The van der Waals surface area contributed by atoms with Crippen LogP contribution in [-0.2, 0) is 5.60 Å². The number of aliphatic hydroxyl groups is 1. The average molecular weight is 262 g/mol. The Bertz CT molecular complexity index is 395. The lowest BCUT2D eigenvalue weighted by atomic mass is 9.90. The molecular formula is C16H26N2O. The summed E-state index contributed by atoms with van der Waals surface area (Å²) in [5, 5.41) is 10.8. The van der Waals surface area contributed by atoms with Gasteiger partial charge < -0.3 is 15.7 Å². The predicted octanol–water partition coefficient (Wildman–Crippen LogP) is 1.95. The lowest BCUT2D eigenvalue weighted by Crippen LogP contribution is -2.40. The third kappa shape index (κ3) is 3.35. The maximum atomic E-state index is 10.8. The lowest BCUT2D eigenvalue weighted by Gasteiger charge is -2.30. The van der Waals surface area contributed by atoms with Crippen LogP contribution < -0.4 is 5.73 Å². The molecule has 1 heterocycles. The van der Waals surface area contributed by atoms with E-state index in [4.69, 9.17) is 5.73 Å². The van der Waals surface area contributed by atoms with Crippen molar-refractivity contribution in [3.8, 4) is 0 Å². The van der Waals surface area contributed by atoms with Crippen LogP contribution >= 0.6 is 0 Å². The summed E-state index contributed by atoms with van der Waals surface area (Å²) in [6.45, 7) is 6.88. The number of benzene rings is 1. The summed E-state index contributed by atoms with van der Waals surface area (Å²) in [5.74, 6) is 0.762. The first kappa shape index (κ1) is 14.5. The fourth-order valence-corrected chi connectivity index (χ4v) is 3.14. The second kappa shape index (κ2) is 6.04. The highest BCUT2D eigenvalue weighted by molar-refractivity contribution is 5.22. The van der Waals surface area contributed by atoms with Gasteiger partial charge in [0.25, 0.3) is 0 Å². The molecule has 2 rings (SSSR count). The van der Waals surface area contributed by atoms with E-state index in [1.165, 1.54) is 6.42 Å². The third-order valence-corrected chi connectivity index (χ3v) is 4.37. The van der Waals surface area contributed by atoms with E-state index in [1.54, 1.807) is 0 Å². The lowest BCUT2D eigenvalue weighted by molar-refractivity contribution is 0.0248. The van der Waals surface area contributed by atoms with Crippen LogP contribution in [0.1, 0.15) is 32.3 Å². The van der Waals surface area contributed by atoms with Gasteiger partial charge in [-0.3, -0.25) is 0 Å². The van der Waals surface area contributed by atoms with Crippen LogP contribution in [0.15, 0.2) is 30.3 Å². The Labute approximate surface area is 116 Å². The van der Waals surface area contributed by atoms with Crippen LogP contribution in [0.2, 0.25) is 0 Å². The van der Waals surface area contributed by atoms with Gasteiger partial charge in [-0.15, -0.1) is 0 Å². The number of nitrogens with two attached hydrogens (primary N) is 1. The smallest absolute Gasteiger partial charge is 0.103 e. The fraction of sp³-hybridized carbons (Fsp3) is 0.625. The predicted molar refractivity (Wildman–Crippen MR) is 78.8 cm³/mol. The van der Waals surface area contributed by atoms with Gasteiger partial charge in [0, 0.05) is 25.7 Å². The van der Waals surface area contributed by atoms with E-state index < -0.39 is 5.60 Å². The highest BCUT2D eigenvalue weighted by atomic mass is 16.3. The van der Waals surface area contributed by atoms with Crippen LogP contribution in [-0.4, -0.2) is 35.7 Å². The molecule has 0 saturated carbocycles. The van der Waals surface area contributed by atoms with Crippen LogP contribution in [0.5, 0.6) is 0 Å². The third-order valence-electron chi connectivity index (χ3n) is 4.37. The van der Waals surface area contributed by atoms with Crippen LogP contribution in [0.25, 0.3) is 0 Å². The molecule has 1 aliphatic heterocycles. The Kier molecular flexibility index (Phi) is 4.61. The molecule has 0 aromatic heterocycles. The maximum absolute atomic E-state index is 10.8. The zero-order chi connectivity index (χ0) is 13.9. The van der Waals surface area contributed by atoms with Gasteiger partial charge >= 0.3 is 0 Å². The van der Waals surface area contributed by atoms with E-state index >= 15 is 0 Å². The molecule has 1 aromatic rings. The van der Waals surface area contributed by atoms with Gasteiger partial charge in [-0.05, 0) is 31.2 Å². The molecule has 106 valence electrons. The quantitative estimate of drug-likeness (QED) is 0.853. The van der Waals surface area contributed by atoms with E-state index in [-0.39, 0.29) is 6.54 Å². The van der Waals surface area contributed by atoms with Crippen molar-refractivity contribution < 1.29 is 5.11 Å². The van der Waals surface area contributed by atoms with Gasteiger partial charge in [0.2, 0.25) is 0 Å². The molecular weight excluding hydrogens is 236 g/mol. The van der Waals surface area contributed by atoms with Gasteiger partial charge in [0.05, 0.1) is 0 Å². The van der Waals surface area contributed by atoms with Crippen molar-refractivity contribution in [1.82, 2.24) is 4.90 Å². The zero-order valence-corrected chi connectivity index (χ0v) is 12.0. The van der Waals surface area contributed by atoms with E-state index in [0.29, 0.717) is 12.5 Å². The molecule has 1 aliphatic rings. The first-order valence-corrected chi connectivity index (χ1v) is 7.27. The first-order valence-electron chi connectivity index (χ1n) is 7.27. The summed E-state index contributed by atoms with van der Waals surface area (Å²) in [6.07, 6.45) is 1.96. The van der Waals surface area contributed by atoms with Crippen molar-refractivity contribution in [2.24, 2.45) is 11.7 Å². The normalized spacial score (nSPS) is 27.4. The monoisotopic (exact) mass is 262 g/mol. The molecule has 3 N–H and O–H groups in total. The summed E-state index contributed by atoms with van der Waals surface area (Å²) in [7, 11) is 0. The molecule has 0 spiro atoms. The fourth-order valence-electron chi connectivity index (χ4n) is 3.14. The molecule has 3 unspecified atom stereocenters. The minimum absolute atomic E-state index is 0.273. The molecule has 1 fully saturated rings. The van der Waals surface area contributed by atoms with Gasteiger partial charge in [-0.1, -0.05) is 37.3 Å². The molecule has 3 heteroatoms. The second-order valence-corrected chi connectivity index (χ2v) is 6.04. The van der Waals surface area contributed by atoms with Gasteiger partial charge in [-0.25, -0.2) is 0 Å². The molecule has 3 atom stereocenters.